The maximum atomic E-state index is 6.52. The van der Waals surface area contributed by atoms with Crippen molar-refractivity contribution in [2.24, 2.45) is 11.7 Å². The molecule has 1 heteroatoms. The van der Waals surface area contributed by atoms with Crippen molar-refractivity contribution >= 4 is 0 Å². The van der Waals surface area contributed by atoms with Crippen LogP contribution in [-0.4, -0.2) is 0 Å². The Kier molecular flexibility index (Phi) is 3.88. The predicted octanol–water partition coefficient (Wildman–Crippen LogP) is 4.19. The first-order valence-corrected chi connectivity index (χ1v) is 6.93. The van der Waals surface area contributed by atoms with Crippen molar-refractivity contribution in [2.45, 2.75) is 58.9 Å². The highest BCUT2D eigenvalue weighted by Crippen LogP contribution is 2.35. The molecule has 0 spiro atoms. The van der Waals surface area contributed by atoms with Gasteiger partial charge >= 0.3 is 0 Å². The van der Waals surface area contributed by atoms with E-state index in [1.807, 2.05) is 0 Å². The van der Waals surface area contributed by atoms with Crippen LogP contribution in [0, 0.1) is 26.7 Å². The Labute approximate surface area is 105 Å². The Morgan fingerprint density at radius 1 is 1.00 bits per heavy atom. The molecule has 1 atom stereocenters. The second-order valence-electron chi connectivity index (χ2n) is 5.74. The lowest BCUT2D eigenvalue weighted by Gasteiger charge is -2.30. The van der Waals surface area contributed by atoms with Crippen LogP contribution in [0.3, 0.4) is 0 Å². The van der Waals surface area contributed by atoms with Crippen LogP contribution in [0.5, 0.6) is 0 Å². The smallest absolute Gasteiger partial charge is 0.0328 e. The van der Waals surface area contributed by atoms with Gasteiger partial charge in [0, 0.05) is 6.04 Å². The van der Waals surface area contributed by atoms with E-state index in [1.165, 1.54) is 54.4 Å². The minimum Gasteiger partial charge on any atom is -0.324 e. The molecule has 1 nitrogen and oxygen atoms in total. The van der Waals surface area contributed by atoms with Crippen molar-refractivity contribution in [1.29, 1.82) is 0 Å². The molecule has 0 bridgehead atoms. The van der Waals surface area contributed by atoms with Crippen LogP contribution in [0.2, 0.25) is 0 Å². The number of hydrogen-bond acceptors (Lipinski definition) is 1. The lowest BCUT2D eigenvalue weighted by atomic mass is 9.79. The molecule has 1 aliphatic carbocycles. The van der Waals surface area contributed by atoms with Crippen LogP contribution in [0.4, 0.5) is 0 Å². The molecule has 0 aliphatic heterocycles. The van der Waals surface area contributed by atoms with Gasteiger partial charge in [0.05, 0.1) is 0 Å². The summed E-state index contributed by atoms with van der Waals surface area (Å²) in [5, 5.41) is 0. The molecule has 0 aromatic heterocycles. The zero-order chi connectivity index (χ0) is 12.4. The number of hydrogen-bond donors (Lipinski definition) is 1. The van der Waals surface area contributed by atoms with E-state index >= 15 is 0 Å². The first-order chi connectivity index (χ1) is 8.09. The summed E-state index contributed by atoms with van der Waals surface area (Å²) in [6.45, 7) is 6.58. The molecule has 1 fully saturated rings. The van der Waals surface area contributed by atoms with Crippen molar-refractivity contribution in [3.63, 3.8) is 0 Å². The van der Waals surface area contributed by atoms with Crippen molar-refractivity contribution in [1.82, 2.24) is 0 Å². The largest absolute Gasteiger partial charge is 0.324 e. The average Bonchev–Trinajstić information content (AvgIpc) is 2.28. The van der Waals surface area contributed by atoms with Crippen LogP contribution in [-0.2, 0) is 0 Å². The van der Waals surface area contributed by atoms with E-state index in [0.29, 0.717) is 5.92 Å². The molecular formula is C16H25N. The zero-order valence-electron chi connectivity index (χ0n) is 11.4. The minimum absolute atomic E-state index is 0.246. The molecule has 0 amide bonds. The number of rotatable bonds is 2. The molecule has 94 valence electrons. The maximum absolute atomic E-state index is 6.52. The third-order valence-corrected chi connectivity index (χ3v) is 4.23. The Bertz CT molecular complexity index is 366. The van der Waals surface area contributed by atoms with Gasteiger partial charge in [-0.1, -0.05) is 37.0 Å². The van der Waals surface area contributed by atoms with Crippen molar-refractivity contribution in [3.05, 3.63) is 34.4 Å². The standard InChI is InChI=1S/C16H25N/c1-11-9-12(2)15(13(3)10-11)16(17)14-7-5-4-6-8-14/h9-10,14,16H,4-8,17H2,1-3H3/t16-/m0/s1. The molecule has 2 rings (SSSR count). The first kappa shape index (κ1) is 12.6. The fourth-order valence-corrected chi connectivity index (χ4v) is 3.45. The Morgan fingerprint density at radius 2 is 1.53 bits per heavy atom. The molecule has 1 aromatic carbocycles. The van der Waals surface area contributed by atoms with Gasteiger partial charge in [-0.25, -0.2) is 0 Å². The van der Waals surface area contributed by atoms with Crippen molar-refractivity contribution in [2.75, 3.05) is 0 Å². The highest BCUT2D eigenvalue weighted by atomic mass is 14.7. The summed E-state index contributed by atoms with van der Waals surface area (Å²) in [6.07, 6.45) is 6.75. The monoisotopic (exact) mass is 231 g/mol. The molecule has 17 heavy (non-hydrogen) atoms. The Hall–Kier alpha value is -0.820. The molecule has 0 saturated heterocycles. The summed E-state index contributed by atoms with van der Waals surface area (Å²) in [6, 6.07) is 4.78. The van der Waals surface area contributed by atoms with Crippen LogP contribution in [0.1, 0.15) is 60.4 Å². The molecule has 1 aliphatic rings. The molecule has 0 unspecified atom stereocenters. The SMILES string of the molecule is Cc1cc(C)c([C@@H](N)C2CCCCC2)c(C)c1. The van der Waals surface area contributed by atoms with Crippen LogP contribution in [0.15, 0.2) is 12.1 Å². The third-order valence-electron chi connectivity index (χ3n) is 4.23. The van der Waals surface area contributed by atoms with Crippen LogP contribution >= 0.6 is 0 Å². The van der Waals surface area contributed by atoms with E-state index < -0.39 is 0 Å². The summed E-state index contributed by atoms with van der Waals surface area (Å²) < 4.78 is 0. The summed E-state index contributed by atoms with van der Waals surface area (Å²) in [5.74, 6) is 0.698. The molecular weight excluding hydrogens is 206 g/mol. The van der Waals surface area contributed by atoms with Crippen LogP contribution in [0.25, 0.3) is 0 Å². The zero-order valence-corrected chi connectivity index (χ0v) is 11.4. The molecule has 1 aromatic rings. The van der Waals surface area contributed by atoms with E-state index in [-0.39, 0.29) is 6.04 Å². The fourth-order valence-electron chi connectivity index (χ4n) is 3.45. The highest BCUT2D eigenvalue weighted by Gasteiger charge is 2.24. The topological polar surface area (TPSA) is 26.0 Å². The lowest BCUT2D eigenvalue weighted by Crippen LogP contribution is -2.25. The normalized spacial score (nSPS) is 19.3. The second kappa shape index (κ2) is 5.22. The van der Waals surface area contributed by atoms with Gasteiger partial charge in [-0.3, -0.25) is 0 Å². The highest BCUT2D eigenvalue weighted by molar-refractivity contribution is 5.39. The van der Waals surface area contributed by atoms with Gasteiger partial charge in [0.25, 0.3) is 0 Å². The summed E-state index contributed by atoms with van der Waals surface area (Å²) in [5.41, 5.74) is 12.0. The van der Waals surface area contributed by atoms with Crippen molar-refractivity contribution in [3.8, 4) is 0 Å². The fraction of sp³-hybridized carbons (Fsp3) is 0.625. The van der Waals surface area contributed by atoms with E-state index in [9.17, 15) is 0 Å². The molecule has 1 saturated carbocycles. The van der Waals surface area contributed by atoms with E-state index in [1.54, 1.807) is 0 Å². The van der Waals surface area contributed by atoms with Gasteiger partial charge in [0.15, 0.2) is 0 Å². The Morgan fingerprint density at radius 3 is 2.06 bits per heavy atom. The van der Waals surface area contributed by atoms with Gasteiger partial charge in [0.1, 0.15) is 0 Å². The second-order valence-corrected chi connectivity index (χ2v) is 5.74. The van der Waals surface area contributed by atoms with Gasteiger partial charge in [-0.05, 0) is 56.2 Å². The van der Waals surface area contributed by atoms with Gasteiger partial charge in [-0.2, -0.15) is 0 Å². The van der Waals surface area contributed by atoms with Crippen molar-refractivity contribution < 1.29 is 0 Å². The van der Waals surface area contributed by atoms with E-state index in [2.05, 4.69) is 32.9 Å². The maximum Gasteiger partial charge on any atom is 0.0328 e. The van der Waals surface area contributed by atoms with Crippen LogP contribution < -0.4 is 5.73 Å². The van der Waals surface area contributed by atoms with E-state index in [4.69, 9.17) is 5.73 Å². The molecule has 2 N–H and O–H groups in total. The third kappa shape index (κ3) is 2.71. The summed E-state index contributed by atoms with van der Waals surface area (Å²) >= 11 is 0. The predicted molar refractivity (Wildman–Crippen MR) is 74.2 cm³/mol. The molecule has 0 heterocycles. The first-order valence-electron chi connectivity index (χ1n) is 6.93. The Balaban J connectivity index is 2.26. The summed E-state index contributed by atoms with van der Waals surface area (Å²) in [4.78, 5) is 0. The van der Waals surface area contributed by atoms with Gasteiger partial charge in [0.2, 0.25) is 0 Å². The number of aryl methyl sites for hydroxylation is 3. The number of nitrogens with two attached hydrogens (primary N) is 1. The average molecular weight is 231 g/mol. The van der Waals surface area contributed by atoms with Gasteiger partial charge in [-0.15, -0.1) is 0 Å². The molecule has 0 radical (unpaired) electrons. The summed E-state index contributed by atoms with van der Waals surface area (Å²) in [7, 11) is 0. The minimum atomic E-state index is 0.246. The quantitative estimate of drug-likeness (QED) is 0.811. The van der Waals surface area contributed by atoms with E-state index in [0.717, 1.165) is 0 Å². The van der Waals surface area contributed by atoms with Gasteiger partial charge < -0.3 is 5.73 Å². The lowest BCUT2D eigenvalue weighted by molar-refractivity contribution is 0.307. The number of benzene rings is 1.